The van der Waals surface area contributed by atoms with Crippen molar-refractivity contribution in [2.45, 2.75) is 333 Å². The van der Waals surface area contributed by atoms with Crippen LogP contribution in [0.15, 0.2) is 85.1 Å². The fourth-order valence-corrected chi connectivity index (χ4v) is 10.1. The number of nitrogens with one attached hydrogen (secondary N) is 1. The van der Waals surface area contributed by atoms with Gasteiger partial charge in [-0.25, -0.2) is 0 Å². The van der Waals surface area contributed by atoms with Crippen LogP contribution in [-0.4, -0.2) is 87.5 Å². The Hall–Kier alpha value is -2.63. The highest BCUT2D eigenvalue weighted by Crippen LogP contribution is 2.23. The highest BCUT2D eigenvalue weighted by atomic mass is 16.7. The largest absolute Gasteiger partial charge is 0.394 e. The highest BCUT2D eigenvalue weighted by Gasteiger charge is 2.44. The minimum absolute atomic E-state index is 0.201. The molecule has 0 aliphatic carbocycles. The molecular formula is C69H123NO8. The lowest BCUT2D eigenvalue weighted by Gasteiger charge is -2.40. The zero-order chi connectivity index (χ0) is 56.5. The van der Waals surface area contributed by atoms with Crippen molar-refractivity contribution < 1.29 is 39.8 Å². The van der Waals surface area contributed by atoms with Gasteiger partial charge in [0.1, 0.15) is 24.4 Å². The van der Waals surface area contributed by atoms with Crippen molar-refractivity contribution in [2.75, 3.05) is 13.2 Å². The van der Waals surface area contributed by atoms with Crippen LogP contribution in [0.25, 0.3) is 0 Å². The zero-order valence-corrected chi connectivity index (χ0v) is 50.4. The summed E-state index contributed by atoms with van der Waals surface area (Å²) >= 11 is 0. The Morgan fingerprint density at radius 3 is 1.18 bits per heavy atom. The summed E-state index contributed by atoms with van der Waals surface area (Å²) in [7, 11) is 0. The van der Waals surface area contributed by atoms with E-state index in [1.54, 1.807) is 6.08 Å². The van der Waals surface area contributed by atoms with E-state index in [2.05, 4.69) is 92.1 Å². The molecule has 7 unspecified atom stereocenters. The van der Waals surface area contributed by atoms with Crippen LogP contribution in [0, 0.1) is 0 Å². The predicted molar refractivity (Wildman–Crippen MR) is 332 cm³/mol. The molecule has 0 aromatic heterocycles. The fraction of sp³-hybridized carbons (Fsp3) is 0.783. The molecule has 0 aromatic carbocycles. The Labute approximate surface area is 480 Å². The molecule has 1 fully saturated rings. The normalized spacial score (nSPS) is 19.2. The molecule has 1 amide bonds. The van der Waals surface area contributed by atoms with Gasteiger partial charge < -0.3 is 40.3 Å². The Bertz CT molecular complexity index is 1500. The van der Waals surface area contributed by atoms with Crippen LogP contribution in [0.4, 0.5) is 0 Å². The third-order valence-electron chi connectivity index (χ3n) is 15.2. The SMILES string of the molecule is CC/C=C\C/C=C\C/C=C\C/C=C\C/C=C\C/C=C\CCCCCCC(=O)NC(COC1OC(CO)C(O)C(O)C1O)C(O)/C=C/CCCCCCCCCCCCCCCCCCCCCCCCCCCCCCCC. The molecule has 9 heteroatoms. The number of ether oxygens (including phenoxy) is 2. The van der Waals surface area contributed by atoms with E-state index in [0.29, 0.717) is 6.42 Å². The van der Waals surface area contributed by atoms with Gasteiger partial charge in [0, 0.05) is 6.42 Å². The summed E-state index contributed by atoms with van der Waals surface area (Å²) in [6, 6.07) is -0.826. The zero-order valence-electron chi connectivity index (χ0n) is 50.4. The molecule has 0 aromatic rings. The van der Waals surface area contributed by atoms with E-state index in [1.807, 2.05) is 6.08 Å². The number of carbonyl (C=O) groups is 1. The molecule has 9 nitrogen and oxygen atoms in total. The first kappa shape index (κ1) is 73.4. The lowest BCUT2D eigenvalue weighted by molar-refractivity contribution is -0.302. The molecule has 1 aliphatic heterocycles. The minimum atomic E-state index is -1.58. The van der Waals surface area contributed by atoms with E-state index in [0.717, 1.165) is 89.9 Å². The van der Waals surface area contributed by atoms with Crippen molar-refractivity contribution in [3.05, 3.63) is 85.1 Å². The van der Waals surface area contributed by atoms with Gasteiger partial charge in [-0.2, -0.15) is 0 Å². The number of amides is 1. The first-order chi connectivity index (χ1) is 38.3. The van der Waals surface area contributed by atoms with Gasteiger partial charge in [-0.3, -0.25) is 4.79 Å². The van der Waals surface area contributed by atoms with Gasteiger partial charge in [0.25, 0.3) is 0 Å². The van der Waals surface area contributed by atoms with E-state index < -0.39 is 49.5 Å². The third kappa shape index (κ3) is 46.0. The van der Waals surface area contributed by atoms with Crippen molar-refractivity contribution in [3.8, 4) is 0 Å². The molecule has 0 saturated carbocycles. The van der Waals surface area contributed by atoms with Crippen LogP contribution in [0.3, 0.4) is 0 Å². The summed E-state index contributed by atoms with van der Waals surface area (Å²) < 4.78 is 11.3. The average Bonchev–Trinajstić information content (AvgIpc) is 3.45. The molecule has 0 bridgehead atoms. The quantitative estimate of drug-likeness (QED) is 0.0261. The molecule has 452 valence electrons. The maximum absolute atomic E-state index is 13.1. The van der Waals surface area contributed by atoms with Crippen LogP contribution in [0.5, 0.6) is 0 Å². The average molecular weight is 1090 g/mol. The van der Waals surface area contributed by atoms with Gasteiger partial charge >= 0.3 is 0 Å². The van der Waals surface area contributed by atoms with Crippen LogP contribution in [0.1, 0.15) is 290 Å². The van der Waals surface area contributed by atoms with Crippen molar-refractivity contribution in [1.29, 1.82) is 0 Å². The molecule has 7 atom stereocenters. The standard InChI is InChI=1S/C69H123NO8/c1-3-5-7-9-11-13-15-17-19-21-23-25-27-28-29-30-31-32-33-34-35-37-38-40-42-44-46-48-50-52-54-56-58-63(72)62(61-77-69-68(76)67(75)66(74)64(60-71)78-69)70-65(73)59-57-55-53-51-49-47-45-43-41-39-36-26-24-22-20-18-16-14-12-10-8-6-4-2/h6,8,12,14,18,20,24,26,39,41,45,47,56,58,62-64,66-69,71-72,74-76H,3-5,7,9-11,13,15-17,19,21-23,25,27-38,40,42-44,46,48-55,57,59-61H2,1-2H3,(H,70,73)/b8-6-,14-12-,20-18-,26-24-,41-39-,47-45-,58-56+. The molecule has 1 saturated heterocycles. The lowest BCUT2D eigenvalue weighted by Crippen LogP contribution is -2.60. The summed E-state index contributed by atoms with van der Waals surface area (Å²) in [6.07, 6.45) is 75.3. The highest BCUT2D eigenvalue weighted by molar-refractivity contribution is 5.76. The Kier molecular flexibility index (Phi) is 54.2. The van der Waals surface area contributed by atoms with Crippen LogP contribution >= 0.6 is 0 Å². The molecular weight excluding hydrogens is 971 g/mol. The fourth-order valence-electron chi connectivity index (χ4n) is 10.1. The Morgan fingerprint density at radius 1 is 0.449 bits per heavy atom. The molecule has 1 aliphatic rings. The summed E-state index contributed by atoms with van der Waals surface area (Å²) in [5.41, 5.74) is 0. The maximum Gasteiger partial charge on any atom is 0.220 e. The topological polar surface area (TPSA) is 149 Å². The summed E-state index contributed by atoms with van der Waals surface area (Å²) in [4.78, 5) is 13.1. The van der Waals surface area contributed by atoms with Gasteiger partial charge in [0.2, 0.25) is 5.91 Å². The number of aliphatic hydroxyl groups excluding tert-OH is 5. The number of carbonyl (C=O) groups excluding carboxylic acids is 1. The second kappa shape index (κ2) is 57.6. The molecule has 0 radical (unpaired) electrons. The smallest absolute Gasteiger partial charge is 0.220 e. The third-order valence-corrected chi connectivity index (χ3v) is 15.2. The van der Waals surface area contributed by atoms with Gasteiger partial charge in [-0.1, -0.05) is 298 Å². The van der Waals surface area contributed by atoms with E-state index >= 15 is 0 Å². The number of allylic oxidation sites excluding steroid dienone is 13. The Balaban J connectivity index is 2.18. The van der Waals surface area contributed by atoms with Crippen molar-refractivity contribution in [2.24, 2.45) is 0 Å². The minimum Gasteiger partial charge on any atom is -0.394 e. The summed E-state index contributed by atoms with van der Waals surface area (Å²) in [5, 5.41) is 54.7. The van der Waals surface area contributed by atoms with Gasteiger partial charge in [0.15, 0.2) is 6.29 Å². The molecule has 0 spiro atoms. The summed E-state index contributed by atoms with van der Waals surface area (Å²) in [5.74, 6) is -0.201. The van der Waals surface area contributed by atoms with Crippen LogP contribution in [-0.2, 0) is 14.3 Å². The lowest BCUT2D eigenvalue weighted by atomic mass is 9.99. The van der Waals surface area contributed by atoms with Gasteiger partial charge in [-0.15, -0.1) is 0 Å². The van der Waals surface area contributed by atoms with Crippen molar-refractivity contribution in [1.82, 2.24) is 5.32 Å². The summed E-state index contributed by atoms with van der Waals surface area (Å²) in [6.45, 7) is 3.67. The second-order valence-electron chi connectivity index (χ2n) is 22.5. The number of rotatable bonds is 56. The van der Waals surface area contributed by atoms with Gasteiger partial charge in [0.05, 0.1) is 25.4 Å². The van der Waals surface area contributed by atoms with Crippen LogP contribution < -0.4 is 5.32 Å². The number of unbranched alkanes of at least 4 members (excludes halogenated alkanes) is 34. The number of aliphatic hydroxyl groups is 5. The van der Waals surface area contributed by atoms with E-state index in [9.17, 15) is 30.3 Å². The Morgan fingerprint density at radius 2 is 0.795 bits per heavy atom. The van der Waals surface area contributed by atoms with Crippen molar-refractivity contribution >= 4 is 5.91 Å². The maximum atomic E-state index is 13.1. The number of hydrogen-bond acceptors (Lipinski definition) is 8. The van der Waals surface area contributed by atoms with E-state index in [4.69, 9.17) is 9.47 Å². The van der Waals surface area contributed by atoms with Crippen LogP contribution in [0.2, 0.25) is 0 Å². The van der Waals surface area contributed by atoms with Gasteiger partial charge in [-0.05, 0) is 70.6 Å². The van der Waals surface area contributed by atoms with E-state index in [1.165, 1.54) is 180 Å². The monoisotopic (exact) mass is 1090 g/mol. The van der Waals surface area contributed by atoms with Crippen molar-refractivity contribution in [3.63, 3.8) is 0 Å². The molecule has 6 N–H and O–H groups in total. The number of hydrogen-bond donors (Lipinski definition) is 6. The van der Waals surface area contributed by atoms with E-state index in [-0.39, 0.29) is 12.5 Å². The molecule has 78 heavy (non-hydrogen) atoms. The first-order valence-corrected chi connectivity index (χ1v) is 32.8. The molecule has 1 rings (SSSR count). The second-order valence-corrected chi connectivity index (χ2v) is 22.5. The first-order valence-electron chi connectivity index (χ1n) is 32.8. The predicted octanol–water partition coefficient (Wildman–Crippen LogP) is 17.4. The molecule has 1 heterocycles.